The highest BCUT2D eigenvalue weighted by Crippen LogP contribution is 2.27. The van der Waals surface area contributed by atoms with Crippen LogP contribution < -0.4 is 5.32 Å². The molecule has 0 aromatic heterocycles. The van der Waals surface area contributed by atoms with E-state index in [1.165, 1.54) is 25.7 Å². The first-order valence-electron chi connectivity index (χ1n) is 6.50. The number of hydrogen-bond donors (Lipinski definition) is 1. The summed E-state index contributed by atoms with van der Waals surface area (Å²) in [6.45, 7) is 0.471. The van der Waals surface area contributed by atoms with Gasteiger partial charge < -0.3 is 5.32 Å². The number of carbonyl (C=O) groups excluding carboxylic acids is 1. The molecule has 0 radical (unpaired) electrons. The number of amides is 1. The zero-order chi connectivity index (χ0) is 13.8. The quantitative estimate of drug-likeness (QED) is 0.886. The molecule has 0 atom stereocenters. The Bertz CT molecular complexity index is 450. The third-order valence-corrected chi connectivity index (χ3v) is 4.00. The van der Waals surface area contributed by atoms with E-state index >= 15 is 0 Å². The highest BCUT2D eigenvalue weighted by molar-refractivity contribution is 9.10. The van der Waals surface area contributed by atoms with E-state index in [1.807, 2.05) is 0 Å². The number of rotatable bonds is 4. The normalized spacial score (nSPS) is 15.7. The van der Waals surface area contributed by atoms with Gasteiger partial charge in [0, 0.05) is 11.0 Å². The summed E-state index contributed by atoms with van der Waals surface area (Å²) in [5.74, 6) is -1.73. The summed E-state index contributed by atoms with van der Waals surface area (Å²) in [6.07, 6.45) is 5.75. The molecule has 1 saturated carbocycles. The number of halogens is 3. The van der Waals surface area contributed by atoms with Crippen LogP contribution >= 0.6 is 15.9 Å². The van der Waals surface area contributed by atoms with Crippen LogP contribution in [0.3, 0.4) is 0 Å². The predicted octanol–water partition coefficient (Wildman–Crippen LogP) is 4.04. The van der Waals surface area contributed by atoms with Gasteiger partial charge in [-0.1, -0.05) is 41.6 Å². The van der Waals surface area contributed by atoms with Crippen LogP contribution in [0.15, 0.2) is 16.6 Å². The molecule has 0 unspecified atom stereocenters. The standard InChI is InChI=1S/C14H16BrF2NO/c15-10-7-11(16)13(12(17)8-10)14(19)18-6-5-9-3-1-2-4-9/h7-9H,1-6H2,(H,18,19). The van der Waals surface area contributed by atoms with Crippen LogP contribution in [0.2, 0.25) is 0 Å². The highest BCUT2D eigenvalue weighted by atomic mass is 79.9. The average molecular weight is 332 g/mol. The molecule has 0 spiro atoms. The summed E-state index contributed by atoms with van der Waals surface area (Å²) < 4.78 is 27.4. The van der Waals surface area contributed by atoms with Gasteiger partial charge >= 0.3 is 0 Å². The van der Waals surface area contributed by atoms with Crippen LogP contribution in [0.4, 0.5) is 8.78 Å². The molecule has 2 nitrogen and oxygen atoms in total. The minimum atomic E-state index is -0.842. The average Bonchev–Trinajstić information content (AvgIpc) is 2.80. The third-order valence-electron chi connectivity index (χ3n) is 3.55. The van der Waals surface area contributed by atoms with Crippen LogP contribution in [0, 0.1) is 17.6 Å². The first-order valence-corrected chi connectivity index (χ1v) is 7.30. The highest BCUT2D eigenvalue weighted by Gasteiger charge is 2.19. The van der Waals surface area contributed by atoms with E-state index in [0.717, 1.165) is 18.6 Å². The summed E-state index contributed by atoms with van der Waals surface area (Å²) in [5, 5.41) is 2.59. The Balaban J connectivity index is 1.92. The predicted molar refractivity (Wildman–Crippen MR) is 73.0 cm³/mol. The number of nitrogens with one attached hydrogen (secondary N) is 1. The monoisotopic (exact) mass is 331 g/mol. The van der Waals surface area contributed by atoms with Crippen molar-refractivity contribution >= 4 is 21.8 Å². The van der Waals surface area contributed by atoms with Gasteiger partial charge in [0.1, 0.15) is 17.2 Å². The molecule has 5 heteroatoms. The van der Waals surface area contributed by atoms with Gasteiger partial charge in [-0.3, -0.25) is 4.79 Å². The molecule has 1 aromatic rings. The number of benzene rings is 1. The lowest BCUT2D eigenvalue weighted by Gasteiger charge is -2.10. The van der Waals surface area contributed by atoms with Crippen molar-refractivity contribution in [3.63, 3.8) is 0 Å². The molecule has 0 bridgehead atoms. The van der Waals surface area contributed by atoms with E-state index in [-0.39, 0.29) is 4.47 Å². The largest absolute Gasteiger partial charge is 0.352 e. The maximum absolute atomic E-state index is 13.6. The second-order valence-electron chi connectivity index (χ2n) is 4.94. The van der Waals surface area contributed by atoms with E-state index in [9.17, 15) is 13.6 Å². The molecule has 2 rings (SSSR count). The molecule has 1 fully saturated rings. The van der Waals surface area contributed by atoms with E-state index in [2.05, 4.69) is 21.2 Å². The Kier molecular flexibility index (Phi) is 4.91. The van der Waals surface area contributed by atoms with Gasteiger partial charge in [-0.15, -0.1) is 0 Å². The lowest BCUT2D eigenvalue weighted by molar-refractivity contribution is 0.0943. The van der Waals surface area contributed by atoms with Gasteiger partial charge in [0.2, 0.25) is 0 Å². The van der Waals surface area contributed by atoms with Crippen molar-refractivity contribution < 1.29 is 13.6 Å². The fourth-order valence-corrected chi connectivity index (χ4v) is 2.94. The smallest absolute Gasteiger partial charge is 0.257 e. The molecular formula is C14H16BrF2NO. The summed E-state index contributed by atoms with van der Waals surface area (Å²) in [5.41, 5.74) is -0.505. The van der Waals surface area contributed by atoms with Crippen LogP contribution in [0.5, 0.6) is 0 Å². The SMILES string of the molecule is O=C(NCCC1CCCC1)c1c(F)cc(Br)cc1F. The lowest BCUT2D eigenvalue weighted by Crippen LogP contribution is -2.27. The van der Waals surface area contributed by atoms with Crippen molar-refractivity contribution in [2.45, 2.75) is 32.1 Å². The van der Waals surface area contributed by atoms with E-state index in [0.29, 0.717) is 12.5 Å². The maximum atomic E-state index is 13.6. The fraction of sp³-hybridized carbons (Fsp3) is 0.500. The molecule has 1 N–H and O–H groups in total. The number of carbonyl (C=O) groups is 1. The summed E-state index contributed by atoms with van der Waals surface area (Å²) in [7, 11) is 0. The Morgan fingerprint density at radius 3 is 2.42 bits per heavy atom. The summed E-state index contributed by atoms with van der Waals surface area (Å²) in [6, 6.07) is 2.18. The summed E-state index contributed by atoms with van der Waals surface area (Å²) in [4.78, 5) is 11.8. The van der Waals surface area contributed by atoms with Gasteiger partial charge in [0.15, 0.2) is 0 Å². The first kappa shape index (κ1) is 14.4. The number of hydrogen-bond acceptors (Lipinski definition) is 1. The molecule has 19 heavy (non-hydrogen) atoms. The molecular weight excluding hydrogens is 316 g/mol. The van der Waals surface area contributed by atoms with Crippen molar-refractivity contribution in [3.8, 4) is 0 Å². The van der Waals surface area contributed by atoms with Gasteiger partial charge in [-0.25, -0.2) is 8.78 Å². The van der Waals surface area contributed by atoms with Crippen molar-refractivity contribution in [2.24, 2.45) is 5.92 Å². The second-order valence-corrected chi connectivity index (χ2v) is 5.86. The zero-order valence-corrected chi connectivity index (χ0v) is 12.1. The van der Waals surface area contributed by atoms with Crippen LogP contribution in [-0.2, 0) is 0 Å². The molecule has 0 saturated heterocycles. The zero-order valence-electron chi connectivity index (χ0n) is 10.5. The molecule has 0 heterocycles. The van der Waals surface area contributed by atoms with Gasteiger partial charge in [-0.2, -0.15) is 0 Å². The fourth-order valence-electron chi connectivity index (χ4n) is 2.54. The summed E-state index contributed by atoms with van der Waals surface area (Å²) >= 11 is 2.98. The Hall–Kier alpha value is -0.970. The Labute approximate surface area is 119 Å². The van der Waals surface area contributed by atoms with E-state index < -0.39 is 23.1 Å². The Morgan fingerprint density at radius 2 is 1.84 bits per heavy atom. The van der Waals surface area contributed by atoms with Crippen LogP contribution in [0.1, 0.15) is 42.5 Å². The first-order chi connectivity index (χ1) is 9.08. The van der Waals surface area contributed by atoms with Crippen LogP contribution in [-0.4, -0.2) is 12.5 Å². The Morgan fingerprint density at radius 1 is 1.26 bits per heavy atom. The van der Waals surface area contributed by atoms with Crippen molar-refractivity contribution in [2.75, 3.05) is 6.54 Å². The topological polar surface area (TPSA) is 29.1 Å². The van der Waals surface area contributed by atoms with E-state index in [1.54, 1.807) is 0 Å². The minimum absolute atomic E-state index is 0.282. The molecule has 1 aliphatic carbocycles. The van der Waals surface area contributed by atoms with E-state index in [4.69, 9.17) is 0 Å². The maximum Gasteiger partial charge on any atom is 0.257 e. The van der Waals surface area contributed by atoms with Gasteiger partial charge in [-0.05, 0) is 24.5 Å². The van der Waals surface area contributed by atoms with Crippen LogP contribution in [0.25, 0.3) is 0 Å². The third kappa shape index (κ3) is 3.75. The molecule has 1 aromatic carbocycles. The van der Waals surface area contributed by atoms with Gasteiger partial charge in [0.25, 0.3) is 5.91 Å². The second kappa shape index (κ2) is 6.46. The minimum Gasteiger partial charge on any atom is -0.352 e. The molecule has 0 aliphatic heterocycles. The van der Waals surface area contributed by atoms with Crippen molar-refractivity contribution in [1.82, 2.24) is 5.32 Å². The lowest BCUT2D eigenvalue weighted by atomic mass is 10.0. The molecule has 1 aliphatic rings. The molecule has 104 valence electrons. The van der Waals surface area contributed by atoms with Crippen molar-refractivity contribution in [3.05, 3.63) is 33.8 Å². The molecule has 1 amide bonds. The van der Waals surface area contributed by atoms with Gasteiger partial charge in [0.05, 0.1) is 0 Å². The van der Waals surface area contributed by atoms with Crippen molar-refractivity contribution in [1.29, 1.82) is 0 Å².